The molecule has 136 valence electrons. The number of amides is 1. The van der Waals surface area contributed by atoms with Gasteiger partial charge in [0.25, 0.3) is 5.91 Å². The first-order valence-corrected chi connectivity index (χ1v) is 9.64. The van der Waals surface area contributed by atoms with Gasteiger partial charge in [-0.25, -0.2) is 13.1 Å². The van der Waals surface area contributed by atoms with Gasteiger partial charge in [-0.05, 0) is 36.8 Å². The standard InChI is InChI=1S/C19H21N3O3S/c1-15(16-7-4-3-5-8-16)22(2)19(23)17-9-11-18(12-10-17)26(24,25)21-14-6-13-20/h3-5,7-12,15,21H,6,14H2,1-2H3. The summed E-state index contributed by atoms with van der Waals surface area (Å²) in [4.78, 5) is 14.3. The number of hydrogen-bond donors (Lipinski definition) is 1. The van der Waals surface area contributed by atoms with E-state index in [0.29, 0.717) is 5.56 Å². The summed E-state index contributed by atoms with van der Waals surface area (Å²) >= 11 is 0. The van der Waals surface area contributed by atoms with Crippen LogP contribution in [0, 0.1) is 11.3 Å². The molecule has 1 atom stereocenters. The van der Waals surface area contributed by atoms with E-state index in [4.69, 9.17) is 5.26 Å². The van der Waals surface area contributed by atoms with Crippen LogP contribution >= 0.6 is 0 Å². The predicted octanol–water partition coefficient (Wildman–Crippen LogP) is 2.71. The molecule has 0 radical (unpaired) electrons. The first-order chi connectivity index (χ1) is 12.4. The molecule has 2 aromatic carbocycles. The van der Waals surface area contributed by atoms with Crippen molar-refractivity contribution in [2.75, 3.05) is 13.6 Å². The Morgan fingerprint density at radius 1 is 1.15 bits per heavy atom. The molecule has 2 rings (SSSR count). The number of sulfonamides is 1. The third-order valence-electron chi connectivity index (χ3n) is 4.12. The van der Waals surface area contributed by atoms with Crippen LogP contribution in [0.3, 0.4) is 0 Å². The first-order valence-electron chi connectivity index (χ1n) is 8.15. The van der Waals surface area contributed by atoms with Gasteiger partial charge in [0.15, 0.2) is 0 Å². The van der Waals surface area contributed by atoms with Gasteiger partial charge < -0.3 is 4.90 Å². The molecular formula is C19H21N3O3S. The van der Waals surface area contributed by atoms with Crippen LogP contribution < -0.4 is 4.72 Å². The molecule has 0 aliphatic heterocycles. The van der Waals surface area contributed by atoms with E-state index in [0.717, 1.165) is 5.56 Å². The zero-order valence-electron chi connectivity index (χ0n) is 14.7. The lowest BCUT2D eigenvalue weighted by Gasteiger charge is -2.25. The molecule has 0 saturated heterocycles. The Bertz CT molecular complexity index is 888. The summed E-state index contributed by atoms with van der Waals surface area (Å²) in [6.45, 7) is 1.99. The second-order valence-corrected chi connectivity index (χ2v) is 7.60. The fourth-order valence-corrected chi connectivity index (χ4v) is 3.47. The molecule has 0 heterocycles. The minimum atomic E-state index is -3.68. The molecule has 6 nitrogen and oxygen atoms in total. The summed E-state index contributed by atoms with van der Waals surface area (Å²) in [7, 11) is -1.96. The van der Waals surface area contributed by atoms with E-state index in [9.17, 15) is 13.2 Å². The van der Waals surface area contributed by atoms with Gasteiger partial charge >= 0.3 is 0 Å². The summed E-state index contributed by atoms with van der Waals surface area (Å²) in [5.74, 6) is -0.192. The maximum Gasteiger partial charge on any atom is 0.254 e. The van der Waals surface area contributed by atoms with E-state index >= 15 is 0 Å². The van der Waals surface area contributed by atoms with E-state index in [1.807, 2.05) is 43.3 Å². The van der Waals surface area contributed by atoms with Crippen molar-refractivity contribution in [1.29, 1.82) is 5.26 Å². The summed E-state index contributed by atoms with van der Waals surface area (Å²) in [6.07, 6.45) is 0.0952. The van der Waals surface area contributed by atoms with Gasteiger partial charge in [0, 0.05) is 25.6 Å². The zero-order chi connectivity index (χ0) is 19.2. The highest BCUT2D eigenvalue weighted by Crippen LogP contribution is 2.21. The molecule has 0 saturated carbocycles. The van der Waals surface area contributed by atoms with Crippen molar-refractivity contribution in [2.24, 2.45) is 0 Å². The number of hydrogen-bond acceptors (Lipinski definition) is 4. The highest BCUT2D eigenvalue weighted by molar-refractivity contribution is 7.89. The largest absolute Gasteiger partial charge is 0.335 e. The van der Waals surface area contributed by atoms with E-state index in [1.54, 1.807) is 11.9 Å². The summed E-state index contributed by atoms with van der Waals surface area (Å²) in [5, 5.41) is 8.48. The van der Waals surface area contributed by atoms with Crippen LogP contribution in [-0.4, -0.2) is 32.8 Å². The normalized spacial score (nSPS) is 12.2. The molecule has 1 amide bonds. The third kappa shape index (κ3) is 4.69. The number of rotatable bonds is 7. The van der Waals surface area contributed by atoms with E-state index in [1.165, 1.54) is 24.3 Å². The van der Waals surface area contributed by atoms with Crippen molar-refractivity contribution >= 4 is 15.9 Å². The molecule has 0 aliphatic rings. The van der Waals surface area contributed by atoms with Gasteiger partial charge in [0.1, 0.15) is 0 Å². The van der Waals surface area contributed by atoms with Crippen LogP contribution in [0.15, 0.2) is 59.5 Å². The Balaban J connectivity index is 2.12. The molecule has 7 heteroatoms. The molecule has 1 unspecified atom stereocenters. The lowest BCUT2D eigenvalue weighted by atomic mass is 10.1. The topological polar surface area (TPSA) is 90.3 Å². The van der Waals surface area contributed by atoms with Crippen molar-refractivity contribution < 1.29 is 13.2 Å². The average molecular weight is 371 g/mol. The maximum absolute atomic E-state index is 12.7. The van der Waals surface area contributed by atoms with Crippen molar-refractivity contribution in [3.63, 3.8) is 0 Å². The van der Waals surface area contributed by atoms with Gasteiger partial charge in [-0.15, -0.1) is 0 Å². The van der Waals surface area contributed by atoms with E-state index in [2.05, 4.69) is 4.72 Å². The van der Waals surface area contributed by atoms with Crippen LogP contribution in [0.1, 0.15) is 35.3 Å². The third-order valence-corrected chi connectivity index (χ3v) is 5.60. The minimum absolute atomic E-state index is 0.0524. The maximum atomic E-state index is 12.7. The molecule has 0 spiro atoms. The summed E-state index contributed by atoms with van der Waals surface area (Å²) < 4.78 is 26.5. The molecule has 26 heavy (non-hydrogen) atoms. The number of benzene rings is 2. The van der Waals surface area contributed by atoms with Crippen molar-refractivity contribution in [3.05, 3.63) is 65.7 Å². The van der Waals surface area contributed by atoms with Crippen molar-refractivity contribution in [1.82, 2.24) is 9.62 Å². The average Bonchev–Trinajstić information content (AvgIpc) is 2.67. The number of nitrogens with zero attached hydrogens (tertiary/aromatic N) is 2. The Hall–Kier alpha value is -2.69. The molecule has 0 fully saturated rings. The van der Waals surface area contributed by atoms with Crippen LogP contribution in [0.4, 0.5) is 0 Å². The van der Waals surface area contributed by atoms with Gasteiger partial charge in [-0.2, -0.15) is 5.26 Å². The van der Waals surface area contributed by atoms with Gasteiger partial charge in [-0.1, -0.05) is 30.3 Å². The summed E-state index contributed by atoms with van der Waals surface area (Å²) in [6, 6.07) is 17.2. The quantitative estimate of drug-likeness (QED) is 0.758. The number of carbonyl (C=O) groups is 1. The monoisotopic (exact) mass is 371 g/mol. The van der Waals surface area contributed by atoms with Crippen LogP contribution in [-0.2, 0) is 10.0 Å². The molecule has 0 aromatic heterocycles. The van der Waals surface area contributed by atoms with E-state index in [-0.39, 0.29) is 29.8 Å². The Morgan fingerprint density at radius 3 is 2.35 bits per heavy atom. The summed E-state index contributed by atoms with van der Waals surface area (Å²) in [5.41, 5.74) is 1.43. The SMILES string of the molecule is CC(c1ccccc1)N(C)C(=O)c1ccc(S(=O)(=O)NCCC#N)cc1. The van der Waals surface area contributed by atoms with Crippen molar-refractivity contribution in [2.45, 2.75) is 24.3 Å². The lowest BCUT2D eigenvalue weighted by Crippen LogP contribution is -2.29. The molecule has 2 aromatic rings. The van der Waals surface area contributed by atoms with Gasteiger partial charge in [-0.3, -0.25) is 4.79 Å². The molecule has 1 N–H and O–H groups in total. The molecular weight excluding hydrogens is 350 g/mol. The van der Waals surface area contributed by atoms with Crippen LogP contribution in [0.25, 0.3) is 0 Å². The lowest BCUT2D eigenvalue weighted by molar-refractivity contribution is 0.0742. The smallest absolute Gasteiger partial charge is 0.254 e. The van der Waals surface area contributed by atoms with Gasteiger partial charge in [0.05, 0.1) is 17.0 Å². The second kappa shape index (κ2) is 8.61. The number of nitriles is 1. The van der Waals surface area contributed by atoms with Crippen LogP contribution in [0.2, 0.25) is 0 Å². The number of nitrogens with one attached hydrogen (secondary N) is 1. The Morgan fingerprint density at radius 2 is 1.77 bits per heavy atom. The molecule has 0 bridgehead atoms. The second-order valence-electron chi connectivity index (χ2n) is 5.83. The highest BCUT2D eigenvalue weighted by Gasteiger charge is 2.20. The Kier molecular flexibility index (Phi) is 6.50. The highest BCUT2D eigenvalue weighted by atomic mass is 32.2. The Labute approximate surface area is 154 Å². The van der Waals surface area contributed by atoms with E-state index < -0.39 is 10.0 Å². The minimum Gasteiger partial charge on any atom is -0.335 e. The number of carbonyl (C=O) groups excluding carboxylic acids is 1. The predicted molar refractivity (Wildman–Crippen MR) is 98.8 cm³/mol. The first kappa shape index (κ1) is 19.6. The van der Waals surface area contributed by atoms with Crippen molar-refractivity contribution in [3.8, 4) is 6.07 Å². The zero-order valence-corrected chi connectivity index (χ0v) is 15.5. The van der Waals surface area contributed by atoms with Gasteiger partial charge in [0.2, 0.25) is 10.0 Å². The van der Waals surface area contributed by atoms with Crippen LogP contribution in [0.5, 0.6) is 0 Å². The fourth-order valence-electron chi connectivity index (χ4n) is 2.44. The fraction of sp³-hybridized carbons (Fsp3) is 0.263. The molecule has 0 aliphatic carbocycles.